The Kier molecular flexibility index (Phi) is 5.56. The normalized spacial score (nSPS) is 21.4. The van der Waals surface area contributed by atoms with Crippen molar-refractivity contribution in [3.05, 3.63) is 75.8 Å². The van der Waals surface area contributed by atoms with Crippen molar-refractivity contribution in [1.82, 2.24) is 9.38 Å². The monoisotopic (exact) mass is 482 g/mol. The summed E-state index contributed by atoms with van der Waals surface area (Å²) in [5.41, 5.74) is 4.15. The predicted octanol–water partition coefficient (Wildman–Crippen LogP) is 3.40. The van der Waals surface area contributed by atoms with Crippen LogP contribution in [-0.4, -0.2) is 45.8 Å². The molecule has 0 unspecified atom stereocenters. The van der Waals surface area contributed by atoms with E-state index in [0.717, 1.165) is 16.5 Å². The molecule has 0 spiro atoms. The van der Waals surface area contributed by atoms with Crippen molar-refractivity contribution in [2.75, 3.05) is 16.4 Å². The van der Waals surface area contributed by atoms with Crippen LogP contribution < -0.4 is 10.5 Å². The number of aryl methyl sites for hydroxylation is 1. The van der Waals surface area contributed by atoms with Crippen molar-refractivity contribution in [2.45, 2.75) is 44.5 Å². The van der Waals surface area contributed by atoms with Gasteiger partial charge in [0.05, 0.1) is 29.8 Å². The third kappa shape index (κ3) is 4.31. The Hall–Kier alpha value is -2.65. The Morgan fingerprint density at radius 1 is 1.15 bits per heavy atom. The van der Waals surface area contributed by atoms with E-state index in [-0.39, 0.29) is 28.4 Å². The van der Waals surface area contributed by atoms with Crippen molar-refractivity contribution >= 4 is 38.1 Å². The van der Waals surface area contributed by atoms with Crippen molar-refractivity contribution in [3.63, 3.8) is 0 Å². The van der Waals surface area contributed by atoms with Gasteiger partial charge in [-0.05, 0) is 42.7 Å². The molecule has 0 N–H and O–H groups in total. The van der Waals surface area contributed by atoms with Gasteiger partial charge < -0.3 is 4.90 Å². The van der Waals surface area contributed by atoms with E-state index in [2.05, 4.69) is 38.1 Å². The molecular formula is C24H26N4O3S2. The molecule has 172 valence electrons. The Bertz CT molecular complexity index is 1410. The zero-order valence-corrected chi connectivity index (χ0v) is 20.4. The third-order valence-corrected chi connectivity index (χ3v) is 9.41. The summed E-state index contributed by atoms with van der Waals surface area (Å²) in [7, 11) is -3.03. The van der Waals surface area contributed by atoms with Gasteiger partial charge in [0.25, 0.3) is 5.56 Å². The lowest BCUT2D eigenvalue weighted by atomic mass is 10.0. The van der Waals surface area contributed by atoms with Crippen LogP contribution in [-0.2, 0) is 16.4 Å². The molecule has 1 saturated heterocycles. The largest absolute Gasteiger partial charge is 0.315 e. The number of fused-ring (bicyclic) bond motifs is 2. The fourth-order valence-corrected chi connectivity index (χ4v) is 8.17. The number of sulfone groups is 1. The number of amidine groups is 1. The van der Waals surface area contributed by atoms with Gasteiger partial charge in [-0.25, -0.2) is 13.4 Å². The van der Waals surface area contributed by atoms with Crippen LogP contribution in [0.3, 0.4) is 0 Å². The molecule has 1 aromatic carbocycles. The van der Waals surface area contributed by atoms with E-state index in [9.17, 15) is 13.2 Å². The molecule has 2 aromatic heterocycles. The molecule has 9 heteroatoms. The number of hydrogen-bond donors (Lipinski definition) is 0. The van der Waals surface area contributed by atoms with E-state index < -0.39 is 9.84 Å². The lowest BCUT2D eigenvalue weighted by molar-refractivity contribution is 0.601. The number of anilines is 1. The minimum Gasteiger partial charge on any atom is -0.315 e. The molecule has 33 heavy (non-hydrogen) atoms. The zero-order chi connectivity index (χ0) is 23.3. The van der Waals surface area contributed by atoms with Crippen LogP contribution in [0.15, 0.2) is 58.3 Å². The summed E-state index contributed by atoms with van der Waals surface area (Å²) in [6, 6.07) is 15.3. The van der Waals surface area contributed by atoms with E-state index in [1.165, 1.54) is 17.3 Å². The summed E-state index contributed by atoms with van der Waals surface area (Å²) in [6.45, 7) is 6.56. The first-order valence-corrected chi connectivity index (χ1v) is 13.7. The van der Waals surface area contributed by atoms with Crippen LogP contribution >= 0.6 is 11.8 Å². The standard InChI is InChI=1S/C24H26N4O3S2/c1-15(2)17-7-9-19(10-8-17)27(24-26-20-13-33(30,31)14-21(20)32-24)12-18-11-23(29)28-16(3)5-4-6-22(28)25-18/h4-11,15,20-21H,12-14H2,1-3H3/t20-,21-/m1/s1. The van der Waals surface area contributed by atoms with E-state index in [0.29, 0.717) is 23.8 Å². The van der Waals surface area contributed by atoms with Crippen LogP contribution in [0.1, 0.15) is 36.7 Å². The van der Waals surface area contributed by atoms with Crippen LogP contribution in [0.25, 0.3) is 5.65 Å². The average Bonchev–Trinajstić information content (AvgIpc) is 3.25. The molecule has 0 radical (unpaired) electrons. The summed E-state index contributed by atoms with van der Waals surface area (Å²) in [5.74, 6) is 0.675. The maximum absolute atomic E-state index is 12.8. The Balaban J connectivity index is 1.53. The number of hydrogen-bond acceptors (Lipinski definition) is 7. The van der Waals surface area contributed by atoms with Crippen LogP contribution in [0, 0.1) is 6.92 Å². The molecule has 0 bridgehead atoms. The highest BCUT2D eigenvalue weighted by molar-refractivity contribution is 8.15. The minimum atomic E-state index is -3.03. The fourth-order valence-electron chi connectivity index (χ4n) is 4.39. The van der Waals surface area contributed by atoms with Gasteiger partial charge in [-0.1, -0.05) is 43.8 Å². The quantitative estimate of drug-likeness (QED) is 0.567. The predicted molar refractivity (Wildman–Crippen MR) is 134 cm³/mol. The highest BCUT2D eigenvalue weighted by Gasteiger charge is 2.44. The maximum Gasteiger partial charge on any atom is 0.258 e. The van der Waals surface area contributed by atoms with Gasteiger partial charge >= 0.3 is 0 Å². The van der Waals surface area contributed by atoms with Crippen molar-refractivity contribution in [1.29, 1.82) is 0 Å². The summed E-state index contributed by atoms with van der Waals surface area (Å²) in [4.78, 5) is 24.4. The highest BCUT2D eigenvalue weighted by Crippen LogP contribution is 2.37. The van der Waals surface area contributed by atoms with Crippen molar-refractivity contribution in [2.24, 2.45) is 4.99 Å². The first-order valence-electron chi connectivity index (χ1n) is 11.0. The molecule has 0 aliphatic carbocycles. The first kappa shape index (κ1) is 22.2. The number of rotatable bonds is 4. The van der Waals surface area contributed by atoms with Gasteiger partial charge in [-0.2, -0.15) is 0 Å². The number of pyridine rings is 1. The summed E-state index contributed by atoms with van der Waals surface area (Å²) >= 11 is 1.51. The third-order valence-electron chi connectivity index (χ3n) is 6.16. The molecule has 4 heterocycles. The SMILES string of the molecule is Cc1cccc2nc(CN(C3=N[C@@H]4CS(=O)(=O)C[C@H]4S3)c3ccc(C(C)C)cc3)cc(=O)n12. The van der Waals surface area contributed by atoms with Gasteiger partial charge in [-0.3, -0.25) is 14.2 Å². The van der Waals surface area contributed by atoms with Gasteiger partial charge in [0, 0.05) is 22.7 Å². The van der Waals surface area contributed by atoms with E-state index in [1.54, 1.807) is 10.5 Å². The number of aromatic nitrogens is 2. The molecule has 0 saturated carbocycles. The molecular weight excluding hydrogens is 456 g/mol. The molecule has 5 rings (SSSR count). The summed E-state index contributed by atoms with van der Waals surface area (Å²) in [5, 5.41) is 0.726. The van der Waals surface area contributed by atoms with Gasteiger partial charge in [0.2, 0.25) is 0 Å². The van der Waals surface area contributed by atoms with Crippen molar-refractivity contribution in [3.8, 4) is 0 Å². The van der Waals surface area contributed by atoms with E-state index in [1.807, 2.05) is 30.0 Å². The second-order valence-electron chi connectivity index (χ2n) is 8.99. The molecule has 7 nitrogen and oxygen atoms in total. The molecule has 2 atom stereocenters. The first-order chi connectivity index (χ1) is 15.7. The fraction of sp³-hybridized carbons (Fsp3) is 0.375. The maximum atomic E-state index is 12.8. The molecule has 2 aliphatic rings. The second kappa shape index (κ2) is 8.29. The number of thioether (sulfide) groups is 1. The lowest BCUT2D eigenvalue weighted by Gasteiger charge is -2.25. The highest BCUT2D eigenvalue weighted by atomic mass is 32.2. The molecule has 2 aliphatic heterocycles. The van der Waals surface area contributed by atoms with Gasteiger partial charge in [0.1, 0.15) is 5.65 Å². The molecule has 1 fully saturated rings. The Labute approximate surface area is 197 Å². The number of aliphatic imine (C=N–C) groups is 1. The number of nitrogens with zero attached hydrogens (tertiary/aromatic N) is 4. The van der Waals surface area contributed by atoms with Gasteiger partial charge in [-0.15, -0.1) is 0 Å². The van der Waals surface area contributed by atoms with E-state index >= 15 is 0 Å². The topological polar surface area (TPSA) is 84.1 Å². The minimum absolute atomic E-state index is 0.0553. The van der Waals surface area contributed by atoms with Gasteiger partial charge in [0.15, 0.2) is 15.0 Å². The zero-order valence-electron chi connectivity index (χ0n) is 18.8. The smallest absolute Gasteiger partial charge is 0.258 e. The molecule has 0 amide bonds. The van der Waals surface area contributed by atoms with Crippen LogP contribution in [0.2, 0.25) is 0 Å². The Morgan fingerprint density at radius 2 is 1.91 bits per heavy atom. The lowest BCUT2D eigenvalue weighted by Crippen LogP contribution is -2.30. The van der Waals surface area contributed by atoms with Crippen LogP contribution in [0.5, 0.6) is 0 Å². The summed E-state index contributed by atoms with van der Waals surface area (Å²) < 4.78 is 25.7. The Morgan fingerprint density at radius 3 is 2.61 bits per heavy atom. The van der Waals surface area contributed by atoms with Crippen molar-refractivity contribution < 1.29 is 8.42 Å². The second-order valence-corrected chi connectivity index (χ2v) is 12.4. The van der Waals surface area contributed by atoms with E-state index in [4.69, 9.17) is 9.98 Å². The molecule has 3 aromatic rings. The number of benzene rings is 1. The van der Waals surface area contributed by atoms with Crippen LogP contribution in [0.4, 0.5) is 5.69 Å². The average molecular weight is 483 g/mol. The summed E-state index contributed by atoms with van der Waals surface area (Å²) in [6.07, 6.45) is 0.